The first-order chi connectivity index (χ1) is 12.6. The highest BCUT2D eigenvalue weighted by Gasteiger charge is 2.10. The van der Waals surface area contributed by atoms with Gasteiger partial charge in [-0.3, -0.25) is 9.89 Å². The highest BCUT2D eigenvalue weighted by molar-refractivity contribution is 7.10. The summed E-state index contributed by atoms with van der Waals surface area (Å²) in [5.41, 5.74) is 7.24. The van der Waals surface area contributed by atoms with Gasteiger partial charge in [0.2, 0.25) is 0 Å². The van der Waals surface area contributed by atoms with Crippen LogP contribution >= 0.6 is 11.3 Å². The summed E-state index contributed by atoms with van der Waals surface area (Å²) in [5.74, 6) is 0.208. The molecule has 1 amide bonds. The second-order valence-corrected chi connectivity index (χ2v) is 7.29. The molecule has 5 nitrogen and oxygen atoms in total. The van der Waals surface area contributed by atoms with Crippen molar-refractivity contribution < 1.29 is 4.79 Å². The fourth-order valence-corrected chi connectivity index (χ4v) is 3.44. The molecule has 0 unspecified atom stereocenters. The topological polar surface area (TPSA) is 70.1 Å². The first-order valence-corrected chi connectivity index (χ1v) is 9.51. The van der Waals surface area contributed by atoms with Crippen molar-refractivity contribution in [1.29, 1.82) is 0 Å². The number of rotatable bonds is 6. The minimum Gasteiger partial charge on any atom is -0.277 e. The van der Waals surface area contributed by atoms with Gasteiger partial charge in [-0.25, -0.2) is 5.43 Å². The second kappa shape index (κ2) is 8.10. The molecule has 0 aliphatic rings. The van der Waals surface area contributed by atoms with E-state index in [2.05, 4.69) is 65.8 Å². The van der Waals surface area contributed by atoms with E-state index in [1.165, 1.54) is 10.4 Å². The van der Waals surface area contributed by atoms with Crippen molar-refractivity contribution in [2.75, 3.05) is 0 Å². The largest absolute Gasteiger partial charge is 0.277 e. The van der Waals surface area contributed by atoms with Crippen LogP contribution in [0.5, 0.6) is 0 Å². The van der Waals surface area contributed by atoms with Gasteiger partial charge in [-0.15, -0.1) is 11.3 Å². The number of benzene rings is 1. The lowest BCUT2D eigenvalue weighted by Crippen LogP contribution is -2.16. The van der Waals surface area contributed by atoms with E-state index in [1.54, 1.807) is 23.7 Å². The molecule has 0 bridgehead atoms. The Balaban J connectivity index is 1.69. The summed E-state index contributed by atoms with van der Waals surface area (Å²) < 4.78 is 0. The van der Waals surface area contributed by atoms with E-state index in [1.807, 2.05) is 11.4 Å². The molecule has 3 rings (SSSR count). The van der Waals surface area contributed by atoms with E-state index in [4.69, 9.17) is 0 Å². The van der Waals surface area contributed by atoms with Crippen LogP contribution in [0.3, 0.4) is 0 Å². The fourth-order valence-electron chi connectivity index (χ4n) is 2.53. The number of carbonyl (C=O) groups is 1. The molecule has 6 heteroatoms. The van der Waals surface area contributed by atoms with Crippen LogP contribution in [0.2, 0.25) is 0 Å². The maximum Gasteiger partial charge on any atom is 0.272 e. The molecule has 0 saturated heterocycles. The third kappa shape index (κ3) is 4.08. The van der Waals surface area contributed by atoms with Gasteiger partial charge in [-0.05, 0) is 24.0 Å². The van der Waals surface area contributed by atoms with E-state index in [0.29, 0.717) is 11.5 Å². The third-order valence-corrected chi connectivity index (χ3v) is 5.37. The second-order valence-electron chi connectivity index (χ2n) is 6.34. The van der Waals surface area contributed by atoms with E-state index in [0.717, 1.165) is 23.2 Å². The Kier molecular flexibility index (Phi) is 5.63. The average molecular weight is 366 g/mol. The van der Waals surface area contributed by atoms with Gasteiger partial charge in [-0.2, -0.15) is 10.2 Å². The van der Waals surface area contributed by atoms with Crippen molar-refractivity contribution >= 4 is 23.5 Å². The molecule has 2 N–H and O–H groups in total. The van der Waals surface area contributed by atoms with Crippen molar-refractivity contribution in [3.8, 4) is 11.3 Å². The van der Waals surface area contributed by atoms with Gasteiger partial charge < -0.3 is 0 Å². The lowest BCUT2D eigenvalue weighted by atomic mass is 10.1. The van der Waals surface area contributed by atoms with Gasteiger partial charge in [0.05, 0.1) is 23.7 Å². The van der Waals surface area contributed by atoms with Crippen LogP contribution < -0.4 is 5.43 Å². The fraction of sp³-hybridized carbons (Fsp3) is 0.250. The minimum absolute atomic E-state index is 0.207. The van der Waals surface area contributed by atoms with E-state index < -0.39 is 0 Å². The number of aromatic amines is 1. The molecule has 134 valence electrons. The molecule has 0 aliphatic heterocycles. The van der Waals surface area contributed by atoms with Crippen LogP contribution in [0.4, 0.5) is 0 Å². The van der Waals surface area contributed by atoms with Crippen molar-refractivity contribution in [2.24, 2.45) is 5.10 Å². The number of amides is 1. The Morgan fingerprint density at radius 3 is 2.77 bits per heavy atom. The lowest BCUT2D eigenvalue weighted by molar-refractivity contribution is 0.0955. The molecule has 0 aliphatic carbocycles. The van der Waals surface area contributed by atoms with Crippen LogP contribution in [0.25, 0.3) is 11.3 Å². The van der Waals surface area contributed by atoms with Gasteiger partial charge >= 0.3 is 0 Å². The van der Waals surface area contributed by atoms with Gasteiger partial charge in [-0.1, -0.05) is 45.0 Å². The van der Waals surface area contributed by atoms with Crippen LogP contribution in [0.1, 0.15) is 53.1 Å². The molecule has 1 aromatic carbocycles. The number of hydrogen-bond donors (Lipinski definition) is 2. The number of thiophene rings is 1. The molecule has 2 aromatic heterocycles. The molecular formula is C20H22N4OS. The van der Waals surface area contributed by atoms with Crippen molar-refractivity contribution in [2.45, 2.75) is 33.1 Å². The van der Waals surface area contributed by atoms with Gasteiger partial charge in [0.15, 0.2) is 0 Å². The molecule has 26 heavy (non-hydrogen) atoms. The van der Waals surface area contributed by atoms with Crippen LogP contribution in [0, 0.1) is 0 Å². The quantitative estimate of drug-likeness (QED) is 0.495. The standard InChI is InChI=1S/C20H22N4OS/c1-4-14-5-7-15(8-6-14)19-17(10-21-23-19)11-22-24-20(25)16-9-18(13(2)3)26-12-16/h5-13H,4H2,1-3H3,(H,21,23)(H,24,25)/b22-11+. The van der Waals surface area contributed by atoms with Crippen LogP contribution in [0.15, 0.2) is 47.0 Å². The highest BCUT2D eigenvalue weighted by atomic mass is 32.1. The lowest BCUT2D eigenvalue weighted by Gasteiger charge is -2.02. The maximum absolute atomic E-state index is 12.2. The summed E-state index contributed by atoms with van der Waals surface area (Å²) in [6, 6.07) is 10.2. The number of hydrogen-bond acceptors (Lipinski definition) is 4. The Bertz CT molecular complexity index is 906. The summed E-state index contributed by atoms with van der Waals surface area (Å²) >= 11 is 1.59. The average Bonchev–Trinajstić information content (AvgIpc) is 3.31. The molecule has 3 aromatic rings. The summed E-state index contributed by atoms with van der Waals surface area (Å²) in [6.07, 6.45) is 4.31. The zero-order valence-corrected chi connectivity index (χ0v) is 15.9. The Morgan fingerprint density at radius 2 is 2.12 bits per heavy atom. The monoisotopic (exact) mass is 366 g/mol. The molecule has 0 fully saturated rings. The predicted octanol–water partition coefficient (Wildman–Crippen LogP) is 4.59. The maximum atomic E-state index is 12.2. The number of aromatic nitrogens is 2. The summed E-state index contributed by atoms with van der Waals surface area (Å²) in [7, 11) is 0. The van der Waals surface area contributed by atoms with Crippen LogP contribution in [-0.4, -0.2) is 22.3 Å². The molecule has 0 atom stereocenters. The Labute approximate surface area is 157 Å². The summed E-state index contributed by atoms with van der Waals surface area (Å²) in [5, 5.41) is 13.0. The van der Waals surface area contributed by atoms with Crippen molar-refractivity contribution in [3.63, 3.8) is 0 Å². The molecular weight excluding hydrogens is 344 g/mol. The zero-order valence-electron chi connectivity index (χ0n) is 15.1. The highest BCUT2D eigenvalue weighted by Crippen LogP contribution is 2.23. The zero-order chi connectivity index (χ0) is 18.5. The minimum atomic E-state index is -0.207. The van der Waals surface area contributed by atoms with E-state index in [9.17, 15) is 4.79 Å². The first kappa shape index (κ1) is 18.1. The normalized spacial score (nSPS) is 11.4. The number of nitrogens with one attached hydrogen (secondary N) is 2. The molecule has 0 radical (unpaired) electrons. The summed E-state index contributed by atoms with van der Waals surface area (Å²) in [4.78, 5) is 13.4. The van der Waals surface area contributed by atoms with E-state index >= 15 is 0 Å². The smallest absolute Gasteiger partial charge is 0.272 e. The first-order valence-electron chi connectivity index (χ1n) is 8.63. The molecule has 2 heterocycles. The Hall–Kier alpha value is -2.73. The summed E-state index contributed by atoms with van der Waals surface area (Å²) in [6.45, 7) is 6.35. The third-order valence-electron chi connectivity index (χ3n) is 4.14. The van der Waals surface area contributed by atoms with Gasteiger partial charge in [0, 0.05) is 21.4 Å². The van der Waals surface area contributed by atoms with Gasteiger partial charge in [0.1, 0.15) is 0 Å². The number of hydrazone groups is 1. The van der Waals surface area contributed by atoms with Crippen molar-refractivity contribution in [3.05, 3.63) is 63.5 Å². The van der Waals surface area contributed by atoms with Crippen molar-refractivity contribution in [1.82, 2.24) is 15.6 Å². The van der Waals surface area contributed by atoms with Gasteiger partial charge in [0.25, 0.3) is 5.91 Å². The number of nitrogens with zero attached hydrogens (tertiary/aromatic N) is 2. The SMILES string of the molecule is CCc1ccc(-c2[nH]ncc2/C=N/NC(=O)c2csc(C(C)C)c2)cc1. The number of carbonyl (C=O) groups excluding carboxylic acids is 1. The number of H-pyrrole nitrogens is 1. The van der Waals surface area contributed by atoms with Crippen LogP contribution in [-0.2, 0) is 6.42 Å². The molecule has 0 spiro atoms. The predicted molar refractivity (Wildman–Crippen MR) is 107 cm³/mol. The Morgan fingerprint density at radius 1 is 1.35 bits per heavy atom. The molecule has 0 saturated carbocycles. The number of aryl methyl sites for hydroxylation is 1. The van der Waals surface area contributed by atoms with E-state index in [-0.39, 0.29) is 5.91 Å².